The lowest BCUT2D eigenvalue weighted by Gasteiger charge is -2.26. The van der Waals surface area contributed by atoms with Gasteiger partial charge in [0.15, 0.2) is 5.76 Å². The van der Waals surface area contributed by atoms with Crippen molar-refractivity contribution in [3.05, 3.63) is 69.6 Å². The number of amides is 1. The molecule has 140 valence electrons. The van der Waals surface area contributed by atoms with Gasteiger partial charge >= 0.3 is 0 Å². The molecule has 1 amide bonds. The molecule has 3 aromatic rings. The second-order valence-electron chi connectivity index (χ2n) is 6.63. The molecule has 0 bridgehead atoms. The summed E-state index contributed by atoms with van der Waals surface area (Å²) in [5.74, 6) is 0.699. The topological polar surface area (TPSA) is 45.5 Å². The average molecular weight is 401 g/mol. The van der Waals surface area contributed by atoms with Crippen molar-refractivity contribution in [2.45, 2.75) is 18.9 Å². The lowest BCUT2D eigenvalue weighted by molar-refractivity contribution is 0.0911. The summed E-state index contributed by atoms with van der Waals surface area (Å²) < 4.78 is 5.75. The van der Waals surface area contributed by atoms with Gasteiger partial charge in [-0.2, -0.15) is 0 Å². The van der Waals surface area contributed by atoms with E-state index in [4.69, 9.17) is 16.0 Å². The molecule has 1 N–H and O–H groups in total. The van der Waals surface area contributed by atoms with Crippen molar-refractivity contribution in [3.8, 4) is 11.3 Å². The van der Waals surface area contributed by atoms with E-state index in [0.717, 1.165) is 18.7 Å². The molecule has 2 aromatic heterocycles. The highest BCUT2D eigenvalue weighted by Gasteiger charge is 2.25. The maximum Gasteiger partial charge on any atom is 0.287 e. The van der Waals surface area contributed by atoms with E-state index >= 15 is 0 Å². The molecule has 0 unspecified atom stereocenters. The van der Waals surface area contributed by atoms with Crippen molar-refractivity contribution in [2.75, 3.05) is 19.6 Å². The molecule has 1 aliphatic heterocycles. The van der Waals surface area contributed by atoms with Gasteiger partial charge in [0, 0.05) is 17.0 Å². The van der Waals surface area contributed by atoms with E-state index in [0.29, 0.717) is 23.1 Å². The van der Waals surface area contributed by atoms with Crippen LogP contribution in [0.1, 0.15) is 34.3 Å². The highest BCUT2D eigenvalue weighted by molar-refractivity contribution is 7.10. The first-order chi connectivity index (χ1) is 13.2. The summed E-state index contributed by atoms with van der Waals surface area (Å²) in [4.78, 5) is 16.3. The first-order valence-corrected chi connectivity index (χ1v) is 10.4. The molecule has 4 nitrogen and oxygen atoms in total. The third-order valence-electron chi connectivity index (χ3n) is 4.88. The number of likely N-dealkylation sites (tertiary alicyclic amines) is 1. The third kappa shape index (κ3) is 4.10. The zero-order valence-electron chi connectivity index (χ0n) is 14.9. The summed E-state index contributed by atoms with van der Waals surface area (Å²) in [6.45, 7) is 2.73. The third-order valence-corrected chi connectivity index (χ3v) is 6.18. The molecule has 6 heteroatoms. The first kappa shape index (κ1) is 18.3. The van der Waals surface area contributed by atoms with Gasteiger partial charge in [-0.3, -0.25) is 9.69 Å². The van der Waals surface area contributed by atoms with Crippen molar-refractivity contribution < 1.29 is 9.21 Å². The summed E-state index contributed by atoms with van der Waals surface area (Å²) >= 11 is 7.95. The van der Waals surface area contributed by atoms with Gasteiger partial charge in [0.25, 0.3) is 5.91 Å². The van der Waals surface area contributed by atoms with Crippen molar-refractivity contribution in [3.63, 3.8) is 0 Å². The molecule has 1 fully saturated rings. The molecule has 1 aliphatic rings. The number of thiophene rings is 1. The summed E-state index contributed by atoms with van der Waals surface area (Å²) in [5.41, 5.74) is 0.784. The van der Waals surface area contributed by atoms with Crippen LogP contribution in [0.25, 0.3) is 11.3 Å². The highest BCUT2D eigenvalue weighted by Crippen LogP contribution is 2.30. The fraction of sp³-hybridized carbons (Fsp3) is 0.286. The predicted molar refractivity (Wildman–Crippen MR) is 109 cm³/mol. The monoisotopic (exact) mass is 400 g/mol. The van der Waals surface area contributed by atoms with Crippen molar-refractivity contribution in [2.24, 2.45) is 0 Å². The Kier molecular flexibility index (Phi) is 5.62. The molecule has 0 spiro atoms. The zero-order chi connectivity index (χ0) is 18.6. The van der Waals surface area contributed by atoms with Crippen LogP contribution in [0.15, 0.2) is 58.3 Å². The van der Waals surface area contributed by atoms with Crippen molar-refractivity contribution in [1.82, 2.24) is 10.2 Å². The van der Waals surface area contributed by atoms with E-state index in [-0.39, 0.29) is 11.9 Å². The normalized spacial score (nSPS) is 15.7. The number of carbonyl (C=O) groups excluding carboxylic acids is 1. The fourth-order valence-corrected chi connectivity index (χ4v) is 4.58. The van der Waals surface area contributed by atoms with Crippen LogP contribution in [-0.4, -0.2) is 30.4 Å². The minimum absolute atomic E-state index is 0.200. The molecule has 0 saturated carbocycles. The molecule has 1 atom stereocenters. The van der Waals surface area contributed by atoms with Crippen LogP contribution in [0.5, 0.6) is 0 Å². The number of nitrogens with one attached hydrogen (secondary N) is 1. The van der Waals surface area contributed by atoms with Crippen molar-refractivity contribution >= 4 is 28.8 Å². The molecule has 4 rings (SSSR count). The minimum atomic E-state index is -0.200. The number of benzene rings is 1. The average Bonchev–Trinajstić information content (AvgIpc) is 3.44. The van der Waals surface area contributed by atoms with Gasteiger partial charge < -0.3 is 9.73 Å². The van der Waals surface area contributed by atoms with Crippen LogP contribution in [-0.2, 0) is 0 Å². The smallest absolute Gasteiger partial charge is 0.287 e. The number of rotatable bonds is 6. The Morgan fingerprint density at radius 2 is 1.96 bits per heavy atom. The Balaban J connectivity index is 1.45. The Labute approximate surface area is 167 Å². The van der Waals surface area contributed by atoms with Gasteiger partial charge in [0.05, 0.1) is 11.1 Å². The maximum absolute atomic E-state index is 12.6. The van der Waals surface area contributed by atoms with Gasteiger partial charge in [0.2, 0.25) is 0 Å². The summed E-state index contributed by atoms with van der Waals surface area (Å²) in [7, 11) is 0. The van der Waals surface area contributed by atoms with Gasteiger partial charge in [-0.25, -0.2) is 0 Å². The van der Waals surface area contributed by atoms with E-state index in [1.807, 2.05) is 18.2 Å². The molecule has 0 aliphatic carbocycles. The number of nitrogens with zero attached hydrogens (tertiary/aromatic N) is 1. The highest BCUT2D eigenvalue weighted by atomic mass is 35.5. The second-order valence-corrected chi connectivity index (χ2v) is 8.01. The fourth-order valence-electron chi connectivity index (χ4n) is 3.49. The molecule has 3 heterocycles. The SMILES string of the molecule is O=C(NC[C@H](c1cccs1)N1CCCC1)c1ccc(-c2ccccc2Cl)o1. The number of hydrogen-bond acceptors (Lipinski definition) is 4. The van der Waals surface area contributed by atoms with Gasteiger partial charge in [-0.05, 0) is 61.6 Å². The second kappa shape index (κ2) is 8.30. The van der Waals surface area contributed by atoms with E-state index < -0.39 is 0 Å². The van der Waals surface area contributed by atoms with E-state index in [1.165, 1.54) is 17.7 Å². The largest absolute Gasteiger partial charge is 0.451 e. The van der Waals surface area contributed by atoms with Crippen LogP contribution >= 0.6 is 22.9 Å². The number of carbonyl (C=O) groups is 1. The minimum Gasteiger partial charge on any atom is -0.451 e. The lowest BCUT2D eigenvalue weighted by Crippen LogP contribution is -2.36. The molecular weight excluding hydrogens is 380 g/mol. The van der Waals surface area contributed by atoms with Crippen LogP contribution < -0.4 is 5.32 Å². The number of hydrogen-bond donors (Lipinski definition) is 1. The quantitative estimate of drug-likeness (QED) is 0.616. The van der Waals surface area contributed by atoms with E-state index in [1.54, 1.807) is 29.5 Å². The van der Waals surface area contributed by atoms with Gasteiger partial charge in [-0.1, -0.05) is 29.8 Å². The van der Waals surface area contributed by atoms with Crippen LogP contribution in [0, 0.1) is 0 Å². The lowest BCUT2D eigenvalue weighted by atomic mass is 10.2. The molecule has 0 radical (unpaired) electrons. The molecule has 1 saturated heterocycles. The summed E-state index contributed by atoms with van der Waals surface area (Å²) in [5, 5.41) is 5.73. The Bertz CT molecular complexity index is 901. The van der Waals surface area contributed by atoms with Crippen LogP contribution in [0.2, 0.25) is 5.02 Å². The summed E-state index contributed by atoms with van der Waals surface area (Å²) in [6.07, 6.45) is 2.43. The van der Waals surface area contributed by atoms with Gasteiger partial charge in [0.1, 0.15) is 5.76 Å². The predicted octanol–water partition coefficient (Wildman–Crippen LogP) is 5.23. The standard InChI is InChI=1S/C21H21ClN2O2S/c22-16-7-2-1-6-15(16)18-9-10-19(26-18)21(25)23-14-17(20-8-5-13-27-20)24-11-3-4-12-24/h1-2,5-10,13,17H,3-4,11-12,14H2,(H,23,25)/t17-/m1/s1. The maximum atomic E-state index is 12.6. The Morgan fingerprint density at radius 1 is 1.15 bits per heavy atom. The Morgan fingerprint density at radius 3 is 2.70 bits per heavy atom. The van der Waals surface area contributed by atoms with E-state index in [9.17, 15) is 4.79 Å². The van der Waals surface area contributed by atoms with Gasteiger partial charge in [-0.15, -0.1) is 11.3 Å². The molecule has 1 aromatic carbocycles. The number of halogens is 1. The van der Waals surface area contributed by atoms with Crippen LogP contribution in [0.4, 0.5) is 0 Å². The van der Waals surface area contributed by atoms with E-state index in [2.05, 4.69) is 27.7 Å². The zero-order valence-corrected chi connectivity index (χ0v) is 16.4. The Hall–Kier alpha value is -2.08. The number of furan rings is 1. The summed E-state index contributed by atoms with van der Waals surface area (Å²) in [6, 6.07) is 15.3. The molecular formula is C21H21ClN2O2S. The first-order valence-electron chi connectivity index (χ1n) is 9.13. The molecule has 27 heavy (non-hydrogen) atoms. The van der Waals surface area contributed by atoms with Crippen molar-refractivity contribution in [1.29, 1.82) is 0 Å². The van der Waals surface area contributed by atoms with Crippen LogP contribution in [0.3, 0.4) is 0 Å².